The van der Waals surface area contributed by atoms with E-state index in [4.69, 9.17) is 11.6 Å². The molecule has 0 aliphatic rings. The van der Waals surface area contributed by atoms with Crippen LogP contribution in [0.2, 0.25) is 5.02 Å². The fourth-order valence-corrected chi connectivity index (χ4v) is 2.56. The molecule has 0 fully saturated rings. The number of para-hydroxylation sites is 1. The maximum atomic E-state index is 12.5. The van der Waals surface area contributed by atoms with E-state index in [0.29, 0.717) is 16.7 Å². The molecule has 0 bridgehead atoms. The monoisotopic (exact) mass is 352 g/mol. The van der Waals surface area contributed by atoms with E-state index in [-0.39, 0.29) is 11.6 Å². The Bertz CT molecular complexity index is 927. The third-order valence-corrected chi connectivity index (χ3v) is 3.95. The zero-order chi connectivity index (χ0) is 17.8. The standard InChI is InChI=1S/C19H17ClN4O/c1-12-5-3-4-6-15(12)23-19-21-10-9-17(24-19)18(25)22-16-8-7-14(20)11-13(16)2/h3-11H,1-2H3,(H,22,25)(H,21,23,24). The van der Waals surface area contributed by atoms with Crippen molar-refractivity contribution in [3.63, 3.8) is 0 Å². The molecule has 0 atom stereocenters. The Morgan fingerprint density at radius 2 is 1.80 bits per heavy atom. The summed E-state index contributed by atoms with van der Waals surface area (Å²) >= 11 is 5.94. The van der Waals surface area contributed by atoms with Crippen LogP contribution in [0.3, 0.4) is 0 Å². The second-order valence-corrected chi connectivity index (χ2v) is 6.06. The number of carbonyl (C=O) groups is 1. The molecule has 2 aromatic carbocycles. The fraction of sp³-hybridized carbons (Fsp3) is 0.105. The lowest BCUT2D eigenvalue weighted by Gasteiger charge is -2.10. The highest BCUT2D eigenvalue weighted by atomic mass is 35.5. The van der Waals surface area contributed by atoms with Crippen LogP contribution in [0.1, 0.15) is 21.6 Å². The van der Waals surface area contributed by atoms with Gasteiger partial charge in [-0.15, -0.1) is 0 Å². The molecule has 1 amide bonds. The number of aromatic nitrogens is 2. The van der Waals surface area contributed by atoms with E-state index in [2.05, 4.69) is 20.6 Å². The molecule has 0 saturated heterocycles. The third-order valence-electron chi connectivity index (χ3n) is 3.72. The minimum atomic E-state index is -0.305. The fourth-order valence-electron chi connectivity index (χ4n) is 2.33. The van der Waals surface area contributed by atoms with Crippen LogP contribution in [0.15, 0.2) is 54.7 Å². The van der Waals surface area contributed by atoms with Crippen molar-refractivity contribution in [2.45, 2.75) is 13.8 Å². The summed E-state index contributed by atoms with van der Waals surface area (Å²) in [4.78, 5) is 20.9. The van der Waals surface area contributed by atoms with Crippen LogP contribution in [-0.4, -0.2) is 15.9 Å². The summed E-state index contributed by atoms with van der Waals surface area (Å²) in [5.41, 5.74) is 3.82. The predicted octanol–water partition coefficient (Wildman–Crippen LogP) is 4.74. The lowest BCUT2D eigenvalue weighted by molar-refractivity contribution is 0.102. The molecule has 126 valence electrons. The van der Waals surface area contributed by atoms with Crippen LogP contribution >= 0.6 is 11.6 Å². The molecule has 3 rings (SSSR count). The van der Waals surface area contributed by atoms with E-state index in [1.165, 1.54) is 0 Å². The molecule has 0 saturated carbocycles. The van der Waals surface area contributed by atoms with Crippen molar-refractivity contribution in [3.8, 4) is 0 Å². The van der Waals surface area contributed by atoms with Gasteiger partial charge < -0.3 is 10.6 Å². The van der Waals surface area contributed by atoms with Crippen molar-refractivity contribution in [2.75, 3.05) is 10.6 Å². The van der Waals surface area contributed by atoms with Gasteiger partial charge in [0.15, 0.2) is 0 Å². The molecule has 1 aromatic heterocycles. The number of anilines is 3. The Labute approximate surface area is 151 Å². The van der Waals surface area contributed by atoms with E-state index in [1.54, 1.807) is 30.5 Å². The van der Waals surface area contributed by atoms with E-state index in [0.717, 1.165) is 16.8 Å². The number of nitrogens with one attached hydrogen (secondary N) is 2. The van der Waals surface area contributed by atoms with Crippen LogP contribution < -0.4 is 10.6 Å². The molecule has 0 spiro atoms. The topological polar surface area (TPSA) is 66.9 Å². The number of benzene rings is 2. The first-order chi connectivity index (χ1) is 12.0. The van der Waals surface area contributed by atoms with E-state index in [1.807, 2.05) is 38.1 Å². The summed E-state index contributed by atoms with van der Waals surface area (Å²) in [5.74, 6) is 0.0652. The average molecular weight is 353 g/mol. The molecule has 25 heavy (non-hydrogen) atoms. The second kappa shape index (κ2) is 7.32. The molecular formula is C19H17ClN4O. The molecule has 6 heteroatoms. The second-order valence-electron chi connectivity index (χ2n) is 5.62. The number of halogens is 1. The average Bonchev–Trinajstić information content (AvgIpc) is 2.60. The number of hydrogen-bond acceptors (Lipinski definition) is 4. The van der Waals surface area contributed by atoms with Gasteiger partial charge in [0.25, 0.3) is 5.91 Å². The first-order valence-electron chi connectivity index (χ1n) is 7.76. The van der Waals surface area contributed by atoms with Gasteiger partial charge in [0.1, 0.15) is 5.69 Å². The molecule has 3 aromatic rings. The van der Waals surface area contributed by atoms with Gasteiger partial charge in [0, 0.05) is 22.6 Å². The van der Waals surface area contributed by atoms with Gasteiger partial charge in [-0.25, -0.2) is 9.97 Å². The number of carbonyl (C=O) groups excluding carboxylic acids is 1. The van der Waals surface area contributed by atoms with Crippen LogP contribution in [0.25, 0.3) is 0 Å². The van der Waals surface area contributed by atoms with Gasteiger partial charge in [0.2, 0.25) is 5.95 Å². The van der Waals surface area contributed by atoms with E-state index < -0.39 is 0 Å². The highest BCUT2D eigenvalue weighted by molar-refractivity contribution is 6.30. The predicted molar refractivity (Wildman–Crippen MR) is 101 cm³/mol. The molecule has 0 unspecified atom stereocenters. The highest BCUT2D eigenvalue weighted by Crippen LogP contribution is 2.21. The molecular weight excluding hydrogens is 336 g/mol. The molecule has 0 radical (unpaired) electrons. The minimum Gasteiger partial charge on any atom is -0.324 e. The maximum Gasteiger partial charge on any atom is 0.274 e. The Kier molecular flexibility index (Phi) is 4.95. The van der Waals surface area contributed by atoms with E-state index in [9.17, 15) is 4.79 Å². The van der Waals surface area contributed by atoms with Gasteiger partial charge in [-0.1, -0.05) is 29.8 Å². The summed E-state index contributed by atoms with van der Waals surface area (Å²) in [6.07, 6.45) is 1.55. The number of rotatable bonds is 4. The number of hydrogen-bond donors (Lipinski definition) is 2. The maximum absolute atomic E-state index is 12.5. The molecule has 1 heterocycles. The molecule has 2 N–H and O–H groups in total. The number of aryl methyl sites for hydroxylation is 2. The van der Waals surface area contributed by atoms with Gasteiger partial charge in [0.05, 0.1) is 0 Å². The summed E-state index contributed by atoms with van der Waals surface area (Å²) in [6, 6.07) is 14.7. The Hall–Kier alpha value is -2.92. The van der Waals surface area contributed by atoms with Crippen molar-refractivity contribution in [2.24, 2.45) is 0 Å². The van der Waals surface area contributed by atoms with Crippen LogP contribution in [0.5, 0.6) is 0 Å². The molecule has 0 aliphatic heterocycles. The van der Waals surface area contributed by atoms with Crippen LogP contribution in [0, 0.1) is 13.8 Å². The van der Waals surface area contributed by atoms with Crippen molar-refractivity contribution in [1.82, 2.24) is 9.97 Å². The summed E-state index contributed by atoms with van der Waals surface area (Å²) < 4.78 is 0. The van der Waals surface area contributed by atoms with Crippen LogP contribution in [0.4, 0.5) is 17.3 Å². The zero-order valence-corrected chi connectivity index (χ0v) is 14.6. The van der Waals surface area contributed by atoms with Gasteiger partial charge in [-0.2, -0.15) is 0 Å². The summed E-state index contributed by atoms with van der Waals surface area (Å²) in [6.45, 7) is 3.87. The Morgan fingerprint density at radius 1 is 1.00 bits per heavy atom. The smallest absolute Gasteiger partial charge is 0.274 e. The van der Waals surface area contributed by atoms with Gasteiger partial charge in [-0.3, -0.25) is 4.79 Å². The van der Waals surface area contributed by atoms with Crippen LogP contribution in [-0.2, 0) is 0 Å². The summed E-state index contributed by atoms with van der Waals surface area (Å²) in [5, 5.41) is 6.60. The van der Waals surface area contributed by atoms with Crippen molar-refractivity contribution in [1.29, 1.82) is 0 Å². The Morgan fingerprint density at radius 3 is 2.56 bits per heavy atom. The SMILES string of the molecule is Cc1cc(Cl)ccc1NC(=O)c1ccnc(Nc2ccccc2C)n1. The lowest BCUT2D eigenvalue weighted by Crippen LogP contribution is -2.15. The normalized spacial score (nSPS) is 10.4. The number of nitrogens with zero attached hydrogens (tertiary/aromatic N) is 2. The quantitative estimate of drug-likeness (QED) is 0.711. The lowest BCUT2D eigenvalue weighted by atomic mass is 10.2. The molecule has 0 aliphatic carbocycles. The minimum absolute atomic E-state index is 0.278. The van der Waals surface area contributed by atoms with Crippen molar-refractivity contribution < 1.29 is 4.79 Å². The van der Waals surface area contributed by atoms with Crippen molar-refractivity contribution >= 4 is 34.8 Å². The highest BCUT2D eigenvalue weighted by Gasteiger charge is 2.11. The zero-order valence-electron chi connectivity index (χ0n) is 13.9. The van der Waals surface area contributed by atoms with E-state index >= 15 is 0 Å². The number of amides is 1. The Balaban J connectivity index is 1.79. The largest absolute Gasteiger partial charge is 0.324 e. The first-order valence-corrected chi connectivity index (χ1v) is 8.14. The van der Waals surface area contributed by atoms with Gasteiger partial charge >= 0.3 is 0 Å². The summed E-state index contributed by atoms with van der Waals surface area (Å²) in [7, 11) is 0. The van der Waals surface area contributed by atoms with Gasteiger partial charge in [-0.05, 0) is 55.3 Å². The first kappa shape index (κ1) is 16.9. The third kappa shape index (κ3) is 4.14. The molecule has 5 nitrogen and oxygen atoms in total. The van der Waals surface area contributed by atoms with Crippen molar-refractivity contribution in [3.05, 3.63) is 76.6 Å².